The zero-order valence-electron chi connectivity index (χ0n) is 9.78. The van der Waals surface area contributed by atoms with E-state index in [1.807, 2.05) is 24.3 Å². The van der Waals surface area contributed by atoms with Crippen molar-refractivity contribution in [2.24, 2.45) is 0 Å². The minimum absolute atomic E-state index is 0.462. The van der Waals surface area contributed by atoms with Gasteiger partial charge in [0.15, 0.2) is 0 Å². The number of hydrogen-bond donors (Lipinski definition) is 2. The molecule has 0 fully saturated rings. The maximum Gasteiger partial charge on any atom is 0.323 e. The summed E-state index contributed by atoms with van der Waals surface area (Å²) in [5, 5.41) is 11.9. The lowest BCUT2D eigenvalue weighted by molar-refractivity contribution is -0.143. The highest BCUT2D eigenvalue weighted by molar-refractivity contribution is 5.77. The Hall–Kier alpha value is -1.55. The third-order valence-electron chi connectivity index (χ3n) is 2.45. The zero-order chi connectivity index (χ0) is 12.2. The number of methoxy groups -OCH3 is 1. The number of carboxylic acids is 1. The molecular weight excluding hydrogens is 206 g/mol. The van der Waals surface area contributed by atoms with Crippen LogP contribution >= 0.6 is 0 Å². The first-order valence-electron chi connectivity index (χ1n) is 5.07. The van der Waals surface area contributed by atoms with Crippen LogP contribution in [0.5, 0.6) is 5.75 Å². The van der Waals surface area contributed by atoms with Crippen LogP contribution in [-0.4, -0.2) is 23.7 Å². The predicted molar refractivity (Wildman–Crippen MR) is 61.5 cm³/mol. The number of rotatable bonds is 5. The van der Waals surface area contributed by atoms with Crippen LogP contribution in [0, 0.1) is 0 Å². The summed E-state index contributed by atoms with van der Waals surface area (Å²) in [5.41, 5.74) is 0.000221. The predicted octanol–water partition coefficient (Wildman–Crippen LogP) is 1.65. The quantitative estimate of drug-likeness (QED) is 0.796. The smallest absolute Gasteiger partial charge is 0.323 e. The van der Waals surface area contributed by atoms with Crippen molar-refractivity contribution < 1.29 is 14.6 Å². The van der Waals surface area contributed by atoms with E-state index in [1.165, 1.54) is 0 Å². The van der Waals surface area contributed by atoms with E-state index >= 15 is 0 Å². The Bertz CT molecular complexity index is 374. The molecule has 0 unspecified atom stereocenters. The number of para-hydroxylation sites is 1. The van der Waals surface area contributed by atoms with Crippen molar-refractivity contribution >= 4 is 5.97 Å². The standard InChI is InChI=1S/C12H17NO3/c1-12(2,11(14)15)13-8-9-6-4-5-7-10(9)16-3/h4-7,13H,8H2,1-3H3,(H,14,15). The molecule has 0 saturated carbocycles. The monoisotopic (exact) mass is 223 g/mol. The molecule has 0 aromatic heterocycles. The summed E-state index contributed by atoms with van der Waals surface area (Å²) in [7, 11) is 1.60. The molecule has 4 heteroatoms. The molecule has 1 rings (SSSR count). The number of aliphatic carboxylic acids is 1. The summed E-state index contributed by atoms with van der Waals surface area (Å²) >= 11 is 0. The SMILES string of the molecule is COc1ccccc1CNC(C)(C)C(=O)O. The normalized spacial score (nSPS) is 11.2. The lowest BCUT2D eigenvalue weighted by atomic mass is 10.1. The highest BCUT2D eigenvalue weighted by Crippen LogP contribution is 2.17. The first-order chi connectivity index (χ1) is 7.47. The summed E-state index contributed by atoms with van der Waals surface area (Å²) in [6, 6.07) is 7.53. The molecule has 2 N–H and O–H groups in total. The molecule has 0 aliphatic rings. The average Bonchev–Trinajstić information content (AvgIpc) is 2.26. The van der Waals surface area contributed by atoms with E-state index in [2.05, 4.69) is 5.32 Å². The van der Waals surface area contributed by atoms with E-state index in [-0.39, 0.29) is 0 Å². The maximum atomic E-state index is 10.9. The van der Waals surface area contributed by atoms with Crippen LogP contribution in [0.4, 0.5) is 0 Å². The van der Waals surface area contributed by atoms with Crippen LogP contribution in [0.1, 0.15) is 19.4 Å². The van der Waals surface area contributed by atoms with Crippen LogP contribution in [0.15, 0.2) is 24.3 Å². The van der Waals surface area contributed by atoms with Crippen molar-refractivity contribution in [3.05, 3.63) is 29.8 Å². The number of carboxylic acid groups (broad SMARTS) is 1. The van der Waals surface area contributed by atoms with Gasteiger partial charge >= 0.3 is 5.97 Å². The van der Waals surface area contributed by atoms with Gasteiger partial charge in [0, 0.05) is 12.1 Å². The molecule has 4 nitrogen and oxygen atoms in total. The van der Waals surface area contributed by atoms with E-state index in [4.69, 9.17) is 9.84 Å². The molecule has 1 aromatic carbocycles. The lowest BCUT2D eigenvalue weighted by Crippen LogP contribution is -2.46. The van der Waals surface area contributed by atoms with Crippen LogP contribution in [0.2, 0.25) is 0 Å². The Balaban J connectivity index is 2.71. The van der Waals surface area contributed by atoms with Gasteiger partial charge in [0.25, 0.3) is 0 Å². The second-order valence-corrected chi connectivity index (χ2v) is 4.10. The van der Waals surface area contributed by atoms with Crippen LogP contribution in [-0.2, 0) is 11.3 Å². The maximum absolute atomic E-state index is 10.9. The molecule has 0 spiro atoms. The van der Waals surface area contributed by atoms with Gasteiger partial charge in [0.05, 0.1) is 7.11 Å². The molecular formula is C12H17NO3. The molecule has 0 heterocycles. The molecule has 0 bridgehead atoms. The Morgan fingerprint density at radius 3 is 2.62 bits per heavy atom. The van der Waals surface area contributed by atoms with E-state index in [9.17, 15) is 4.79 Å². The number of nitrogens with one attached hydrogen (secondary N) is 1. The Labute approximate surface area is 95.2 Å². The van der Waals surface area contributed by atoms with Crippen molar-refractivity contribution in [3.63, 3.8) is 0 Å². The summed E-state index contributed by atoms with van der Waals surface area (Å²) in [6.07, 6.45) is 0. The first-order valence-corrected chi connectivity index (χ1v) is 5.07. The molecule has 0 amide bonds. The average molecular weight is 223 g/mol. The van der Waals surface area contributed by atoms with Crippen LogP contribution in [0.3, 0.4) is 0 Å². The Morgan fingerprint density at radius 2 is 2.06 bits per heavy atom. The zero-order valence-corrected chi connectivity index (χ0v) is 9.78. The molecule has 16 heavy (non-hydrogen) atoms. The van der Waals surface area contributed by atoms with Gasteiger partial charge in [-0.1, -0.05) is 18.2 Å². The third kappa shape index (κ3) is 2.97. The summed E-state index contributed by atoms with van der Waals surface area (Å²) in [6.45, 7) is 3.72. The van der Waals surface area contributed by atoms with Gasteiger partial charge in [-0.2, -0.15) is 0 Å². The second kappa shape index (κ2) is 4.99. The van der Waals surface area contributed by atoms with Gasteiger partial charge in [0.2, 0.25) is 0 Å². The summed E-state index contributed by atoms with van der Waals surface area (Å²) in [5.74, 6) is -0.112. The largest absolute Gasteiger partial charge is 0.496 e. The van der Waals surface area contributed by atoms with E-state index in [1.54, 1.807) is 21.0 Å². The van der Waals surface area contributed by atoms with Crippen molar-refractivity contribution in [1.82, 2.24) is 5.32 Å². The van der Waals surface area contributed by atoms with Crippen molar-refractivity contribution in [2.75, 3.05) is 7.11 Å². The molecule has 0 saturated heterocycles. The van der Waals surface area contributed by atoms with Crippen molar-refractivity contribution in [1.29, 1.82) is 0 Å². The Kier molecular flexibility index (Phi) is 3.90. The van der Waals surface area contributed by atoms with Gasteiger partial charge in [-0.05, 0) is 19.9 Å². The lowest BCUT2D eigenvalue weighted by Gasteiger charge is -2.21. The molecule has 1 aromatic rings. The molecule has 0 atom stereocenters. The minimum Gasteiger partial charge on any atom is -0.496 e. The van der Waals surface area contributed by atoms with Crippen LogP contribution < -0.4 is 10.1 Å². The topological polar surface area (TPSA) is 58.6 Å². The van der Waals surface area contributed by atoms with Crippen molar-refractivity contribution in [3.8, 4) is 5.75 Å². The van der Waals surface area contributed by atoms with Gasteiger partial charge in [0.1, 0.15) is 11.3 Å². The summed E-state index contributed by atoms with van der Waals surface area (Å²) < 4.78 is 5.18. The fourth-order valence-corrected chi connectivity index (χ4v) is 1.24. The number of hydrogen-bond acceptors (Lipinski definition) is 3. The van der Waals surface area contributed by atoms with Gasteiger partial charge in [-0.15, -0.1) is 0 Å². The summed E-state index contributed by atoms with van der Waals surface area (Å²) in [4.78, 5) is 10.9. The number of carbonyl (C=O) groups is 1. The van der Waals surface area contributed by atoms with Gasteiger partial charge in [-0.25, -0.2) is 0 Å². The second-order valence-electron chi connectivity index (χ2n) is 4.10. The molecule has 0 aliphatic heterocycles. The molecule has 0 aliphatic carbocycles. The fraction of sp³-hybridized carbons (Fsp3) is 0.417. The highest BCUT2D eigenvalue weighted by atomic mass is 16.5. The highest BCUT2D eigenvalue weighted by Gasteiger charge is 2.26. The van der Waals surface area contributed by atoms with Crippen LogP contribution in [0.25, 0.3) is 0 Å². The molecule has 88 valence electrons. The van der Waals surface area contributed by atoms with Gasteiger partial charge < -0.3 is 9.84 Å². The third-order valence-corrected chi connectivity index (χ3v) is 2.45. The van der Waals surface area contributed by atoms with E-state index < -0.39 is 11.5 Å². The number of benzene rings is 1. The molecule has 0 radical (unpaired) electrons. The number of ether oxygens (including phenoxy) is 1. The first kappa shape index (κ1) is 12.5. The minimum atomic E-state index is -0.944. The fourth-order valence-electron chi connectivity index (χ4n) is 1.24. The van der Waals surface area contributed by atoms with Gasteiger partial charge in [-0.3, -0.25) is 10.1 Å². The van der Waals surface area contributed by atoms with Crippen molar-refractivity contribution in [2.45, 2.75) is 25.9 Å². The van der Waals surface area contributed by atoms with E-state index in [0.29, 0.717) is 6.54 Å². The Morgan fingerprint density at radius 1 is 1.44 bits per heavy atom. The van der Waals surface area contributed by atoms with E-state index in [0.717, 1.165) is 11.3 Å².